The minimum atomic E-state index is 0.718. The van der Waals surface area contributed by atoms with Crippen molar-refractivity contribution in [2.24, 2.45) is 0 Å². The van der Waals surface area contributed by atoms with E-state index in [1.807, 2.05) is 13.0 Å². The molecule has 0 bridgehead atoms. The quantitative estimate of drug-likeness (QED) is 0.726. The van der Waals surface area contributed by atoms with Crippen molar-refractivity contribution in [3.63, 3.8) is 0 Å². The number of likely N-dealkylation sites (tertiary alicyclic amines) is 1. The summed E-state index contributed by atoms with van der Waals surface area (Å²) in [6.45, 7) is 6.51. The number of rotatable bonds is 1. The van der Waals surface area contributed by atoms with Crippen molar-refractivity contribution in [2.75, 3.05) is 20.1 Å². The molecule has 16 heavy (non-hydrogen) atoms. The van der Waals surface area contributed by atoms with Crippen LogP contribution in [0.3, 0.4) is 0 Å². The summed E-state index contributed by atoms with van der Waals surface area (Å²) in [5.41, 5.74) is 2.60. The number of hydrogen-bond donors (Lipinski definition) is 0. The highest BCUT2D eigenvalue weighted by atomic mass is 16.1. The molecule has 3 heteroatoms. The molecule has 1 aromatic heterocycles. The first-order valence-electron chi connectivity index (χ1n) is 5.65. The van der Waals surface area contributed by atoms with Crippen molar-refractivity contribution in [3.8, 4) is 0 Å². The van der Waals surface area contributed by atoms with E-state index < -0.39 is 0 Å². The smallest absolute Gasteiger partial charge is 0.106 e. The molecule has 0 aliphatic carbocycles. The Morgan fingerprint density at radius 3 is 2.88 bits per heavy atom. The molecule has 1 aromatic rings. The van der Waals surface area contributed by atoms with Crippen LogP contribution >= 0.6 is 0 Å². The monoisotopic (exact) mass is 220 g/mol. The van der Waals surface area contributed by atoms with Gasteiger partial charge >= 0.3 is 0 Å². The lowest BCUT2D eigenvalue weighted by Gasteiger charge is -2.29. The van der Waals surface area contributed by atoms with Gasteiger partial charge in [0.1, 0.15) is 6.79 Å². The van der Waals surface area contributed by atoms with Crippen molar-refractivity contribution < 1.29 is 4.79 Å². The van der Waals surface area contributed by atoms with Crippen molar-refractivity contribution in [1.82, 2.24) is 9.88 Å². The molecule has 1 fully saturated rings. The van der Waals surface area contributed by atoms with Gasteiger partial charge in [0.05, 0.1) is 0 Å². The van der Waals surface area contributed by atoms with E-state index in [0.717, 1.165) is 11.6 Å². The van der Waals surface area contributed by atoms with Crippen LogP contribution in [0.5, 0.6) is 0 Å². The Bertz CT molecular complexity index is 327. The van der Waals surface area contributed by atoms with Gasteiger partial charge in [0.15, 0.2) is 0 Å². The predicted molar refractivity (Wildman–Crippen MR) is 65.6 cm³/mol. The van der Waals surface area contributed by atoms with Crippen LogP contribution in [0.2, 0.25) is 0 Å². The molecule has 2 rings (SSSR count). The maximum atomic E-state index is 8.00. The lowest BCUT2D eigenvalue weighted by molar-refractivity contribution is -0.0979. The van der Waals surface area contributed by atoms with Gasteiger partial charge in [-0.15, -0.1) is 0 Å². The second-order valence-electron chi connectivity index (χ2n) is 4.33. The minimum absolute atomic E-state index is 0.718. The molecule has 1 atom stereocenters. The minimum Gasteiger partial charge on any atom is -0.307 e. The Hall–Kier alpha value is -1.22. The van der Waals surface area contributed by atoms with Gasteiger partial charge in [0.25, 0.3) is 0 Å². The zero-order valence-corrected chi connectivity index (χ0v) is 10.1. The lowest BCUT2D eigenvalue weighted by Crippen LogP contribution is -2.30. The maximum Gasteiger partial charge on any atom is 0.106 e. The highest BCUT2D eigenvalue weighted by molar-refractivity contribution is 5.20. The number of carbonyl (C=O) groups excluding carboxylic acids is 1. The largest absolute Gasteiger partial charge is 0.307 e. The number of pyridine rings is 1. The van der Waals surface area contributed by atoms with Crippen LogP contribution in [-0.2, 0) is 4.79 Å². The van der Waals surface area contributed by atoms with Gasteiger partial charge in [0.2, 0.25) is 0 Å². The summed E-state index contributed by atoms with van der Waals surface area (Å²) in [6.07, 6.45) is 4.58. The molecule has 0 N–H and O–H groups in total. The van der Waals surface area contributed by atoms with Crippen molar-refractivity contribution in [3.05, 3.63) is 29.6 Å². The van der Waals surface area contributed by atoms with E-state index in [1.54, 1.807) is 0 Å². The molecule has 0 saturated carbocycles. The molecule has 0 aromatic carbocycles. The topological polar surface area (TPSA) is 33.2 Å². The Kier molecular flexibility index (Phi) is 5.12. The average Bonchev–Trinajstić information content (AvgIpc) is 2.32. The van der Waals surface area contributed by atoms with Gasteiger partial charge in [-0.3, -0.25) is 4.98 Å². The van der Waals surface area contributed by atoms with E-state index in [1.165, 1.54) is 31.5 Å². The Balaban J connectivity index is 0.000000606. The number of nitrogens with zero attached hydrogens (tertiary/aromatic N) is 2. The highest BCUT2D eigenvalue weighted by Gasteiger charge is 2.18. The van der Waals surface area contributed by atoms with Gasteiger partial charge < -0.3 is 9.69 Å². The van der Waals surface area contributed by atoms with Crippen LogP contribution in [0, 0.1) is 6.92 Å². The molecule has 2 heterocycles. The molecule has 1 unspecified atom stereocenters. The summed E-state index contributed by atoms with van der Waals surface area (Å²) in [5, 5.41) is 0. The maximum absolute atomic E-state index is 8.00. The van der Waals surface area contributed by atoms with Gasteiger partial charge in [-0.05, 0) is 57.0 Å². The first-order chi connectivity index (χ1) is 7.75. The predicted octanol–water partition coefficient (Wildman–Crippen LogP) is 2.01. The first kappa shape index (κ1) is 12.8. The summed E-state index contributed by atoms with van der Waals surface area (Å²) in [4.78, 5) is 14.7. The van der Waals surface area contributed by atoms with Crippen molar-refractivity contribution >= 4 is 6.79 Å². The van der Waals surface area contributed by atoms with Crippen LogP contribution in [0.15, 0.2) is 18.3 Å². The Labute approximate surface area is 97.5 Å². The van der Waals surface area contributed by atoms with Crippen LogP contribution in [-0.4, -0.2) is 36.8 Å². The normalized spacial score (nSPS) is 21.0. The standard InChI is InChI=1S/C12H18N2.CH2O/c1-10-8-11(5-6-13-10)12-4-3-7-14(2)9-12;1-2/h5-6,8,12H,3-4,7,9H2,1-2H3;1H2. The zero-order chi connectivity index (χ0) is 12.0. The molecule has 0 amide bonds. The van der Waals surface area contributed by atoms with E-state index in [4.69, 9.17) is 4.79 Å². The molecule has 3 nitrogen and oxygen atoms in total. The molecular weight excluding hydrogens is 200 g/mol. The Morgan fingerprint density at radius 1 is 1.50 bits per heavy atom. The van der Waals surface area contributed by atoms with Crippen LogP contribution in [0.25, 0.3) is 0 Å². The fraction of sp³-hybridized carbons (Fsp3) is 0.538. The third-order valence-electron chi connectivity index (χ3n) is 3.02. The number of hydrogen-bond acceptors (Lipinski definition) is 3. The Morgan fingerprint density at radius 2 is 2.25 bits per heavy atom. The fourth-order valence-corrected chi connectivity index (χ4v) is 2.26. The number of carbonyl (C=O) groups is 1. The molecule has 0 spiro atoms. The summed E-state index contributed by atoms with van der Waals surface area (Å²) in [5.74, 6) is 0.718. The lowest BCUT2D eigenvalue weighted by atomic mass is 9.91. The van der Waals surface area contributed by atoms with Crippen LogP contribution in [0.1, 0.15) is 30.0 Å². The molecule has 88 valence electrons. The van der Waals surface area contributed by atoms with Crippen LogP contribution in [0.4, 0.5) is 0 Å². The summed E-state index contributed by atoms with van der Waals surface area (Å²) >= 11 is 0. The van der Waals surface area contributed by atoms with E-state index in [2.05, 4.69) is 36.0 Å². The molecule has 0 radical (unpaired) electrons. The van der Waals surface area contributed by atoms with E-state index in [-0.39, 0.29) is 0 Å². The van der Waals surface area contributed by atoms with E-state index in [9.17, 15) is 0 Å². The summed E-state index contributed by atoms with van der Waals surface area (Å²) in [7, 11) is 2.21. The summed E-state index contributed by atoms with van der Waals surface area (Å²) < 4.78 is 0. The second-order valence-corrected chi connectivity index (χ2v) is 4.33. The molecule has 1 aliphatic rings. The number of aromatic nitrogens is 1. The van der Waals surface area contributed by atoms with E-state index in [0.29, 0.717) is 0 Å². The number of piperidine rings is 1. The number of likely N-dealkylation sites (N-methyl/N-ethyl adjacent to an activating group) is 1. The third kappa shape index (κ3) is 3.42. The van der Waals surface area contributed by atoms with Crippen LogP contribution < -0.4 is 0 Å². The average molecular weight is 220 g/mol. The molecular formula is C13H20N2O. The van der Waals surface area contributed by atoms with E-state index >= 15 is 0 Å². The fourth-order valence-electron chi connectivity index (χ4n) is 2.26. The molecule has 1 saturated heterocycles. The van der Waals surface area contributed by atoms with Gasteiger partial charge in [-0.1, -0.05) is 0 Å². The summed E-state index contributed by atoms with van der Waals surface area (Å²) in [6, 6.07) is 4.39. The zero-order valence-electron chi connectivity index (χ0n) is 10.1. The number of aryl methyl sites for hydroxylation is 1. The van der Waals surface area contributed by atoms with Gasteiger partial charge in [0, 0.05) is 18.4 Å². The van der Waals surface area contributed by atoms with Gasteiger partial charge in [-0.25, -0.2) is 0 Å². The second kappa shape index (κ2) is 6.38. The SMILES string of the molecule is C=O.Cc1cc(C2CCCN(C)C2)ccn1. The van der Waals surface area contributed by atoms with Crippen molar-refractivity contribution in [2.45, 2.75) is 25.7 Å². The van der Waals surface area contributed by atoms with Gasteiger partial charge in [-0.2, -0.15) is 0 Å². The van der Waals surface area contributed by atoms with Crippen molar-refractivity contribution in [1.29, 1.82) is 0 Å². The highest BCUT2D eigenvalue weighted by Crippen LogP contribution is 2.25. The molecule has 1 aliphatic heterocycles. The third-order valence-corrected chi connectivity index (χ3v) is 3.02. The first-order valence-corrected chi connectivity index (χ1v) is 5.65.